The number of nitrogens with zero attached hydrogens (tertiary/aromatic N) is 3. The number of hydrogen-bond acceptors (Lipinski definition) is 8. The van der Waals surface area contributed by atoms with Gasteiger partial charge in [0.05, 0.1) is 19.0 Å². The van der Waals surface area contributed by atoms with E-state index < -0.39 is 0 Å². The fraction of sp³-hybridized carbons (Fsp3) is 0.286. The molecule has 0 aliphatic heterocycles. The molecule has 0 spiro atoms. The van der Waals surface area contributed by atoms with Gasteiger partial charge in [0, 0.05) is 5.69 Å². The molecular weight excluding hydrogens is 386 g/mol. The Morgan fingerprint density at radius 3 is 2.45 bits per heavy atom. The summed E-state index contributed by atoms with van der Waals surface area (Å²) in [5, 5.41) is 3.26. The van der Waals surface area contributed by atoms with Crippen molar-refractivity contribution in [3.05, 3.63) is 60.4 Å². The lowest BCUT2D eigenvalue weighted by Gasteiger charge is -2.12. The maximum Gasteiger partial charge on any atom is 0.232 e. The highest BCUT2D eigenvalue weighted by Crippen LogP contribution is 2.27. The Labute approximate surface area is 175 Å². The SMILES string of the molecule is COc1ccc(OCCCS[C@@H](C)c2nc(N)nc(Nc3ccccc3)n2)cc1. The largest absolute Gasteiger partial charge is 0.497 e. The number of anilines is 3. The first-order valence-electron chi connectivity index (χ1n) is 9.36. The molecule has 0 saturated carbocycles. The summed E-state index contributed by atoms with van der Waals surface area (Å²) in [6.45, 7) is 2.71. The number of benzene rings is 2. The molecule has 0 aliphatic carbocycles. The van der Waals surface area contributed by atoms with Gasteiger partial charge in [0.15, 0.2) is 0 Å². The van der Waals surface area contributed by atoms with Crippen molar-refractivity contribution >= 4 is 29.3 Å². The lowest BCUT2D eigenvalue weighted by atomic mass is 10.3. The van der Waals surface area contributed by atoms with Gasteiger partial charge in [-0.2, -0.15) is 26.7 Å². The predicted octanol–water partition coefficient (Wildman–Crippen LogP) is 4.47. The average Bonchev–Trinajstić information content (AvgIpc) is 2.74. The first kappa shape index (κ1) is 20.7. The van der Waals surface area contributed by atoms with Gasteiger partial charge in [-0.15, -0.1) is 0 Å². The number of aromatic nitrogens is 3. The first-order chi connectivity index (χ1) is 14.1. The Bertz CT molecular complexity index is 893. The minimum absolute atomic E-state index is 0.0950. The second-order valence-electron chi connectivity index (χ2n) is 6.26. The van der Waals surface area contributed by atoms with E-state index in [4.69, 9.17) is 15.2 Å². The minimum atomic E-state index is 0.0950. The molecule has 0 bridgehead atoms. The van der Waals surface area contributed by atoms with Crippen LogP contribution in [0.3, 0.4) is 0 Å². The number of nitrogens with one attached hydrogen (secondary N) is 1. The molecule has 1 aromatic heterocycles. The zero-order valence-electron chi connectivity index (χ0n) is 16.5. The van der Waals surface area contributed by atoms with Crippen molar-refractivity contribution in [3.63, 3.8) is 0 Å². The maximum atomic E-state index is 5.87. The topological polar surface area (TPSA) is 95.2 Å². The predicted molar refractivity (Wildman–Crippen MR) is 118 cm³/mol. The van der Waals surface area contributed by atoms with Crippen molar-refractivity contribution in [2.45, 2.75) is 18.6 Å². The van der Waals surface area contributed by atoms with Gasteiger partial charge in [0.2, 0.25) is 11.9 Å². The van der Waals surface area contributed by atoms with Crippen molar-refractivity contribution in [2.75, 3.05) is 30.5 Å². The highest BCUT2D eigenvalue weighted by molar-refractivity contribution is 7.99. The number of nitrogens with two attached hydrogens (primary N) is 1. The van der Waals surface area contributed by atoms with Crippen LogP contribution >= 0.6 is 11.8 Å². The fourth-order valence-corrected chi connectivity index (χ4v) is 3.45. The monoisotopic (exact) mass is 411 g/mol. The Balaban J connectivity index is 1.46. The van der Waals surface area contributed by atoms with Crippen LogP contribution in [-0.2, 0) is 0 Å². The van der Waals surface area contributed by atoms with Crippen molar-refractivity contribution in [1.29, 1.82) is 0 Å². The van der Waals surface area contributed by atoms with E-state index in [-0.39, 0.29) is 11.2 Å². The molecular formula is C21H25N5O2S. The lowest BCUT2D eigenvalue weighted by molar-refractivity contribution is 0.318. The summed E-state index contributed by atoms with van der Waals surface area (Å²) in [5.41, 5.74) is 6.77. The van der Waals surface area contributed by atoms with Gasteiger partial charge in [-0.1, -0.05) is 18.2 Å². The molecule has 3 rings (SSSR count). The van der Waals surface area contributed by atoms with E-state index in [0.29, 0.717) is 18.4 Å². The summed E-state index contributed by atoms with van der Waals surface area (Å²) in [7, 11) is 1.65. The van der Waals surface area contributed by atoms with Crippen LogP contribution < -0.4 is 20.5 Å². The average molecular weight is 412 g/mol. The molecule has 8 heteroatoms. The molecule has 29 heavy (non-hydrogen) atoms. The fourth-order valence-electron chi connectivity index (χ4n) is 2.55. The van der Waals surface area contributed by atoms with Gasteiger partial charge < -0.3 is 20.5 Å². The second-order valence-corrected chi connectivity index (χ2v) is 7.71. The van der Waals surface area contributed by atoms with Gasteiger partial charge in [-0.05, 0) is 55.5 Å². The van der Waals surface area contributed by atoms with E-state index in [1.54, 1.807) is 18.9 Å². The van der Waals surface area contributed by atoms with Crippen LogP contribution in [0.15, 0.2) is 54.6 Å². The van der Waals surface area contributed by atoms with E-state index in [0.717, 1.165) is 29.4 Å². The zero-order chi connectivity index (χ0) is 20.5. The van der Waals surface area contributed by atoms with Gasteiger partial charge in [0.25, 0.3) is 0 Å². The Kier molecular flexibility index (Phi) is 7.52. The molecule has 0 unspecified atom stereocenters. The van der Waals surface area contributed by atoms with Gasteiger partial charge in [-0.3, -0.25) is 0 Å². The summed E-state index contributed by atoms with van der Waals surface area (Å²) in [6, 6.07) is 17.3. The smallest absolute Gasteiger partial charge is 0.232 e. The molecule has 3 N–H and O–H groups in total. The quantitative estimate of drug-likeness (QED) is 0.472. The summed E-state index contributed by atoms with van der Waals surface area (Å²) in [4.78, 5) is 13.0. The van der Waals surface area contributed by atoms with Crippen LogP contribution in [-0.4, -0.2) is 34.4 Å². The molecule has 152 valence electrons. The van der Waals surface area contributed by atoms with Crippen LogP contribution in [0.5, 0.6) is 11.5 Å². The highest BCUT2D eigenvalue weighted by atomic mass is 32.2. The number of ether oxygens (including phenoxy) is 2. The standard InChI is InChI=1S/C21H25N5O2S/c1-15(29-14-6-13-28-18-11-9-17(27-2)10-12-18)19-24-20(22)26-21(25-19)23-16-7-4-3-5-8-16/h3-5,7-12,15H,6,13-14H2,1-2H3,(H3,22,23,24,25,26)/t15-/m0/s1. The number of nitrogen functional groups attached to an aromatic ring is 1. The van der Waals surface area contributed by atoms with Gasteiger partial charge in [-0.25, -0.2) is 0 Å². The zero-order valence-corrected chi connectivity index (χ0v) is 17.4. The number of rotatable bonds is 10. The Morgan fingerprint density at radius 2 is 1.72 bits per heavy atom. The second kappa shape index (κ2) is 10.5. The lowest BCUT2D eigenvalue weighted by Crippen LogP contribution is -2.08. The summed E-state index contributed by atoms with van der Waals surface area (Å²) >= 11 is 1.76. The molecule has 1 heterocycles. The first-order valence-corrected chi connectivity index (χ1v) is 10.4. The summed E-state index contributed by atoms with van der Waals surface area (Å²) < 4.78 is 10.9. The van der Waals surface area contributed by atoms with Crippen molar-refractivity contribution in [3.8, 4) is 11.5 Å². The van der Waals surface area contributed by atoms with E-state index >= 15 is 0 Å². The third kappa shape index (κ3) is 6.53. The molecule has 0 saturated heterocycles. The molecule has 0 fully saturated rings. The van der Waals surface area contributed by atoms with Crippen LogP contribution in [0, 0.1) is 0 Å². The van der Waals surface area contributed by atoms with E-state index in [1.165, 1.54) is 0 Å². The van der Waals surface area contributed by atoms with E-state index in [2.05, 4.69) is 27.2 Å². The van der Waals surface area contributed by atoms with E-state index in [1.807, 2.05) is 54.6 Å². The van der Waals surface area contributed by atoms with Crippen LogP contribution in [0.1, 0.15) is 24.4 Å². The number of thioether (sulfide) groups is 1. The van der Waals surface area contributed by atoms with Crippen molar-refractivity contribution in [1.82, 2.24) is 15.0 Å². The van der Waals surface area contributed by atoms with Gasteiger partial charge in [0.1, 0.15) is 17.3 Å². The molecule has 3 aromatic rings. The Morgan fingerprint density at radius 1 is 1.00 bits per heavy atom. The number of methoxy groups -OCH3 is 1. The Hall–Kier alpha value is -3.00. The molecule has 7 nitrogen and oxygen atoms in total. The number of hydrogen-bond donors (Lipinski definition) is 2. The normalized spacial score (nSPS) is 11.7. The van der Waals surface area contributed by atoms with Crippen molar-refractivity contribution < 1.29 is 9.47 Å². The van der Waals surface area contributed by atoms with Gasteiger partial charge >= 0.3 is 0 Å². The molecule has 0 radical (unpaired) electrons. The summed E-state index contributed by atoms with van der Waals surface area (Å²) in [6.07, 6.45) is 0.913. The van der Waals surface area contributed by atoms with Crippen LogP contribution in [0.25, 0.3) is 0 Å². The highest BCUT2D eigenvalue weighted by Gasteiger charge is 2.13. The third-order valence-electron chi connectivity index (χ3n) is 4.05. The molecule has 1 atom stereocenters. The minimum Gasteiger partial charge on any atom is -0.497 e. The van der Waals surface area contributed by atoms with Crippen LogP contribution in [0.4, 0.5) is 17.6 Å². The third-order valence-corrected chi connectivity index (χ3v) is 5.28. The maximum absolute atomic E-state index is 5.87. The van der Waals surface area contributed by atoms with Crippen LogP contribution in [0.2, 0.25) is 0 Å². The van der Waals surface area contributed by atoms with Crippen molar-refractivity contribution in [2.24, 2.45) is 0 Å². The molecule has 2 aromatic carbocycles. The van der Waals surface area contributed by atoms with E-state index in [9.17, 15) is 0 Å². The molecule has 0 aliphatic rings. The summed E-state index contributed by atoms with van der Waals surface area (Å²) in [5.74, 6) is 3.91. The molecule has 0 amide bonds. The number of para-hydroxylation sites is 1.